The van der Waals surface area contributed by atoms with E-state index in [9.17, 15) is 0 Å². The van der Waals surface area contributed by atoms with Crippen LogP contribution in [0, 0.1) is 0 Å². The Morgan fingerprint density at radius 3 is 2.87 bits per heavy atom. The lowest BCUT2D eigenvalue weighted by Crippen LogP contribution is -2.11. The van der Waals surface area contributed by atoms with Gasteiger partial charge in [0.05, 0.1) is 24.6 Å². The zero-order chi connectivity index (χ0) is 11.3. The van der Waals surface area contributed by atoms with E-state index >= 15 is 0 Å². The second-order valence-electron chi connectivity index (χ2n) is 3.49. The quantitative estimate of drug-likeness (QED) is 0.644. The molecule has 15 heavy (non-hydrogen) atoms. The van der Waals surface area contributed by atoms with Gasteiger partial charge in [-0.25, -0.2) is 0 Å². The minimum absolute atomic E-state index is 0.302. The normalized spacial score (nSPS) is 12.2. The van der Waals surface area contributed by atoms with Crippen LogP contribution in [0.15, 0.2) is 18.2 Å². The molecule has 0 saturated heterocycles. The summed E-state index contributed by atoms with van der Waals surface area (Å²) in [6, 6.07) is 5.58. The Morgan fingerprint density at radius 2 is 2.27 bits per heavy atom. The summed E-state index contributed by atoms with van der Waals surface area (Å²) in [7, 11) is 1.59. The van der Waals surface area contributed by atoms with Gasteiger partial charge < -0.3 is 20.9 Å². The number of methoxy groups -OCH3 is 1. The molecule has 0 bridgehead atoms. The highest BCUT2D eigenvalue weighted by molar-refractivity contribution is 5.72. The molecule has 4 N–H and O–H groups in total. The number of nitrogens with two attached hydrogens (primary N) is 1. The molecule has 1 aromatic rings. The van der Waals surface area contributed by atoms with Crippen LogP contribution in [-0.4, -0.2) is 24.9 Å². The van der Waals surface area contributed by atoms with Crippen LogP contribution in [-0.2, 0) is 0 Å². The molecule has 0 aliphatic heterocycles. The summed E-state index contributed by atoms with van der Waals surface area (Å²) in [6.07, 6.45) is 0.390. The average molecular weight is 210 g/mol. The number of hydrogen-bond acceptors (Lipinski definition) is 4. The highest BCUT2D eigenvalue weighted by Crippen LogP contribution is 2.28. The molecule has 1 atom stereocenters. The first-order chi connectivity index (χ1) is 7.15. The lowest BCUT2D eigenvalue weighted by molar-refractivity contribution is 0.189. The molecule has 0 heterocycles. The van der Waals surface area contributed by atoms with Gasteiger partial charge in [0.1, 0.15) is 5.75 Å². The monoisotopic (exact) mass is 210 g/mol. The summed E-state index contributed by atoms with van der Waals surface area (Å²) >= 11 is 0. The van der Waals surface area contributed by atoms with Crippen LogP contribution < -0.4 is 15.8 Å². The number of aliphatic hydroxyl groups excluding tert-OH is 1. The Morgan fingerprint density at radius 1 is 1.53 bits per heavy atom. The van der Waals surface area contributed by atoms with E-state index in [-0.39, 0.29) is 6.10 Å². The van der Waals surface area contributed by atoms with Crippen LogP contribution >= 0.6 is 0 Å². The van der Waals surface area contributed by atoms with E-state index in [4.69, 9.17) is 15.6 Å². The lowest BCUT2D eigenvalue weighted by Gasteiger charge is -2.12. The van der Waals surface area contributed by atoms with Gasteiger partial charge >= 0.3 is 0 Å². The molecule has 1 aromatic carbocycles. The van der Waals surface area contributed by atoms with Gasteiger partial charge in [-0.05, 0) is 25.5 Å². The van der Waals surface area contributed by atoms with Crippen molar-refractivity contribution < 1.29 is 9.84 Å². The number of ether oxygens (including phenoxy) is 1. The zero-order valence-electron chi connectivity index (χ0n) is 9.16. The predicted molar refractivity (Wildman–Crippen MR) is 62.2 cm³/mol. The van der Waals surface area contributed by atoms with Gasteiger partial charge in [0, 0.05) is 6.54 Å². The first kappa shape index (κ1) is 11.7. The number of rotatable bonds is 5. The van der Waals surface area contributed by atoms with Crippen molar-refractivity contribution in [1.29, 1.82) is 0 Å². The number of nitrogen functional groups attached to an aromatic ring is 1. The van der Waals surface area contributed by atoms with Gasteiger partial charge in [-0.1, -0.05) is 6.07 Å². The third kappa shape index (κ3) is 3.32. The van der Waals surface area contributed by atoms with E-state index < -0.39 is 0 Å². The summed E-state index contributed by atoms with van der Waals surface area (Å²) in [6.45, 7) is 2.45. The molecular weight excluding hydrogens is 192 g/mol. The van der Waals surface area contributed by atoms with Gasteiger partial charge in [0.25, 0.3) is 0 Å². The summed E-state index contributed by atoms with van der Waals surface area (Å²) < 4.78 is 5.10. The molecule has 1 rings (SSSR count). The van der Waals surface area contributed by atoms with Crippen LogP contribution in [0.5, 0.6) is 5.75 Å². The van der Waals surface area contributed by atoms with E-state index in [0.717, 1.165) is 5.69 Å². The average Bonchev–Trinajstić information content (AvgIpc) is 2.20. The molecule has 0 radical (unpaired) electrons. The number of nitrogens with one attached hydrogen (secondary N) is 1. The fourth-order valence-electron chi connectivity index (χ4n) is 1.29. The van der Waals surface area contributed by atoms with Crippen molar-refractivity contribution in [1.82, 2.24) is 0 Å². The maximum atomic E-state index is 9.10. The second-order valence-corrected chi connectivity index (χ2v) is 3.49. The molecule has 84 valence electrons. The van der Waals surface area contributed by atoms with Crippen LogP contribution in [0.25, 0.3) is 0 Å². The Labute approximate surface area is 90.1 Å². The van der Waals surface area contributed by atoms with Crippen LogP contribution in [0.1, 0.15) is 13.3 Å². The van der Waals surface area contributed by atoms with Gasteiger partial charge in [-0.15, -0.1) is 0 Å². The van der Waals surface area contributed by atoms with Crippen molar-refractivity contribution in [2.75, 3.05) is 24.7 Å². The van der Waals surface area contributed by atoms with E-state index in [1.807, 2.05) is 18.2 Å². The number of benzene rings is 1. The van der Waals surface area contributed by atoms with E-state index in [2.05, 4.69) is 5.32 Å². The minimum atomic E-state index is -0.302. The fourth-order valence-corrected chi connectivity index (χ4v) is 1.29. The molecule has 4 nitrogen and oxygen atoms in total. The summed E-state index contributed by atoms with van der Waals surface area (Å²) in [4.78, 5) is 0. The Bertz CT molecular complexity index is 313. The highest BCUT2D eigenvalue weighted by atomic mass is 16.5. The molecule has 0 fully saturated rings. The largest absolute Gasteiger partial charge is 0.495 e. The lowest BCUT2D eigenvalue weighted by atomic mass is 10.2. The number of para-hydroxylation sites is 1. The van der Waals surface area contributed by atoms with E-state index in [0.29, 0.717) is 24.4 Å². The van der Waals surface area contributed by atoms with Gasteiger partial charge in [-0.3, -0.25) is 0 Å². The van der Waals surface area contributed by atoms with Crippen molar-refractivity contribution >= 4 is 11.4 Å². The molecule has 0 aromatic heterocycles. The van der Waals surface area contributed by atoms with E-state index in [1.54, 1.807) is 14.0 Å². The Kier molecular flexibility index (Phi) is 4.24. The predicted octanol–water partition coefficient (Wildman–Crippen LogP) is 1.46. The molecule has 0 spiro atoms. The summed E-state index contributed by atoms with van der Waals surface area (Å²) in [5.41, 5.74) is 7.31. The van der Waals surface area contributed by atoms with Crippen molar-refractivity contribution in [3.8, 4) is 5.75 Å². The van der Waals surface area contributed by atoms with Crippen LogP contribution in [0.2, 0.25) is 0 Å². The first-order valence-corrected chi connectivity index (χ1v) is 4.99. The molecule has 0 saturated carbocycles. The topological polar surface area (TPSA) is 67.5 Å². The molecule has 4 heteroatoms. The van der Waals surface area contributed by atoms with Crippen molar-refractivity contribution in [3.05, 3.63) is 18.2 Å². The molecule has 1 unspecified atom stereocenters. The Balaban J connectivity index is 2.61. The Hall–Kier alpha value is -1.42. The van der Waals surface area contributed by atoms with Gasteiger partial charge in [0.2, 0.25) is 0 Å². The highest BCUT2D eigenvalue weighted by Gasteiger charge is 2.04. The van der Waals surface area contributed by atoms with Crippen molar-refractivity contribution in [3.63, 3.8) is 0 Å². The standard InChI is InChI=1S/C11H18N2O2/c1-8(14)6-7-13-9-4-3-5-10(15-2)11(9)12/h3-5,8,13-14H,6-7,12H2,1-2H3. The first-order valence-electron chi connectivity index (χ1n) is 4.99. The number of hydrogen-bond donors (Lipinski definition) is 3. The van der Waals surface area contributed by atoms with Crippen molar-refractivity contribution in [2.45, 2.75) is 19.4 Å². The van der Waals surface area contributed by atoms with Crippen molar-refractivity contribution in [2.24, 2.45) is 0 Å². The second kappa shape index (κ2) is 5.46. The number of aliphatic hydroxyl groups is 1. The minimum Gasteiger partial charge on any atom is -0.495 e. The molecular formula is C11H18N2O2. The molecule has 0 amide bonds. The smallest absolute Gasteiger partial charge is 0.143 e. The van der Waals surface area contributed by atoms with Crippen LogP contribution in [0.3, 0.4) is 0 Å². The van der Waals surface area contributed by atoms with Gasteiger partial charge in [-0.2, -0.15) is 0 Å². The zero-order valence-corrected chi connectivity index (χ0v) is 9.16. The maximum Gasteiger partial charge on any atom is 0.143 e. The molecule has 0 aliphatic carbocycles. The SMILES string of the molecule is COc1cccc(NCCC(C)O)c1N. The van der Waals surface area contributed by atoms with Gasteiger partial charge in [0.15, 0.2) is 0 Å². The number of anilines is 2. The fraction of sp³-hybridized carbons (Fsp3) is 0.455. The summed E-state index contributed by atoms with van der Waals surface area (Å²) in [5, 5.41) is 12.3. The summed E-state index contributed by atoms with van der Waals surface area (Å²) in [5.74, 6) is 0.664. The van der Waals surface area contributed by atoms with E-state index in [1.165, 1.54) is 0 Å². The third-order valence-electron chi connectivity index (χ3n) is 2.16. The maximum absolute atomic E-state index is 9.10. The van der Waals surface area contributed by atoms with Crippen LogP contribution in [0.4, 0.5) is 11.4 Å². The molecule has 0 aliphatic rings. The third-order valence-corrected chi connectivity index (χ3v) is 2.16.